The summed E-state index contributed by atoms with van der Waals surface area (Å²) >= 11 is 0. The lowest BCUT2D eigenvalue weighted by atomic mass is 10.8. The monoisotopic (exact) mass is 206 g/mol. The van der Waals surface area contributed by atoms with Crippen molar-refractivity contribution in [2.45, 2.75) is 52.5 Å². The first-order valence-electron chi connectivity index (χ1n) is 4.46. The molecule has 0 aromatic rings. The van der Waals surface area contributed by atoms with Crippen LogP contribution in [0, 0.1) is 0 Å². The van der Waals surface area contributed by atoms with Gasteiger partial charge in [0.1, 0.15) is 6.29 Å². The van der Waals surface area contributed by atoms with E-state index in [1.54, 1.807) is 0 Å². The Hall–Kier alpha value is 0.354. The summed E-state index contributed by atoms with van der Waals surface area (Å²) in [4.78, 5) is 0. The number of rotatable bonds is 4. The first kappa shape index (κ1) is 12.4. The predicted molar refractivity (Wildman–Crippen MR) is 58.3 cm³/mol. The van der Waals surface area contributed by atoms with Crippen molar-refractivity contribution in [1.29, 1.82) is 0 Å². The first-order valence-corrected chi connectivity index (χ1v) is 11.3. The summed E-state index contributed by atoms with van der Waals surface area (Å²) in [6.07, 6.45) is -0.0247. The zero-order chi connectivity index (χ0) is 9.99. The van der Waals surface area contributed by atoms with Crippen LogP contribution in [0.3, 0.4) is 0 Å². The molecule has 0 saturated carbocycles. The maximum atomic E-state index is 5.77. The van der Waals surface area contributed by atoms with Gasteiger partial charge in [0.25, 0.3) is 0 Å². The van der Waals surface area contributed by atoms with Crippen molar-refractivity contribution < 1.29 is 8.85 Å². The summed E-state index contributed by atoms with van der Waals surface area (Å²) in [7, 11) is -2.85. The molecule has 0 N–H and O–H groups in total. The molecular weight excluding hydrogens is 184 g/mol. The molecule has 2 nitrogen and oxygen atoms in total. The van der Waals surface area contributed by atoms with Crippen LogP contribution in [-0.4, -0.2) is 22.9 Å². The highest BCUT2D eigenvalue weighted by Crippen LogP contribution is 2.13. The van der Waals surface area contributed by atoms with Gasteiger partial charge in [-0.25, -0.2) is 0 Å². The van der Waals surface area contributed by atoms with E-state index in [-0.39, 0.29) is 6.29 Å². The minimum absolute atomic E-state index is 0.0247. The van der Waals surface area contributed by atoms with Gasteiger partial charge in [-0.1, -0.05) is 0 Å². The minimum atomic E-state index is -1.42. The van der Waals surface area contributed by atoms with Crippen LogP contribution >= 0.6 is 0 Å². The van der Waals surface area contributed by atoms with Crippen molar-refractivity contribution in [1.82, 2.24) is 0 Å². The molecule has 0 amide bonds. The Bertz CT molecular complexity index is 119. The molecular formula is C8H22O2Si2. The standard InChI is InChI=1S/C8H22O2Si2/c1-8(9-11(2,3)4)10-12(5,6)7/h8H,1-7H3. The van der Waals surface area contributed by atoms with Gasteiger partial charge in [0.15, 0.2) is 16.6 Å². The third-order valence-electron chi connectivity index (χ3n) is 1.04. The highest BCUT2D eigenvalue weighted by atomic mass is 28.4. The van der Waals surface area contributed by atoms with Gasteiger partial charge in [-0.2, -0.15) is 0 Å². The number of hydrogen-bond donors (Lipinski definition) is 0. The van der Waals surface area contributed by atoms with Gasteiger partial charge in [0.05, 0.1) is 0 Å². The zero-order valence-electron chi connectivity index (χ0n) is 9.39. The van der Waals surface area contributed by atoms with Crippen molar-refractivity contribution in [3.63, 3.8) is 0 Å². The van der Waals surface area contributed by atoms with Gasteiger partial charge >= 0.3 is 0 Å². The van der Waals surface area contributed by atoms with E-state index in [1.165, 1.54) is 0 Å². The lowest BCUT2D eigenvalue weighted by Gasteiger charge is -2.28. The molecule has 0 fully saturated rings. The Kier molecular flexibility index (Phi) is 4.16. The lowest BCUT2D eigenvalue weighted by Crippen LogP contribution is -2.38. The van der Waals surface area contributed by atoms with E-state index in [9.17, 15) is 0 Å². The normalized spacial score (nSPS) is 14.0. The van der Waals surface area contributed by atoms with Crippen molar-refractivity contribution in [3.8, 4) is 0 Å². The summed E-state index contributed by atoms with van der Waals surface area (Å²) in [5, 5.41) is 0. The van der Waals surface area contributed by atoms with Crippen LogP contribution in [0.5, 0.6) is 0 Å². The van der Waals surface area contributed by atoms with Crippen LogP contribution in [0.2, 0.25) is 39.3 Å². The van der Waals surface area contributed by atoms with Crippen molar-refractivity contribution in [2.24, 2.45) is 0 Å². The molecule has 0 aromatic carbocycles. The smallest absolute Gasteiger partial charge is 0.187 e. The Morgan fingerprint density at radius 2 is 1.00 bits per heavy atom. The fraction of sp³-hybridized carbons (Fsp3) is 1.00. The molecule has 0 saturated heterocycles. The third kappa shape index (κ3) is 8.45. The van der Waals surface area contributed by atoms with Gasteiger partial charge in [-0.15, -0.1) is 0 Å². The largest absolute Gasteiger partial charge is 0.394 e. The molecule has 0 rings (SSSR count). The van der Waals surface area contributed by atoms with Crippen LogP contribution in [0.15, 0.2) is 0 Å². The van der Waals surface area contributed by atoms with Crippen LogP contribution in [0.1, 0.15) is 6.92 Å². The average molecular weight is 206 g/mol. The predicted octanol–water partition coefficient (Wildman–Crippen LogP) is 3.04. The molecule has 0 spiro atoms. The SMILES string of the molecule is CC(O[Si](C)(C)C)O[Si](C)(C)C. The molecule has 0 atom stereocenters. The van der Waals surface area contributed by atoms with Crippen molar-refractivity contribution >= 4 is 16.6 Å². The molecule has 0 heterocycles. The molecule has 0 aliphatic rings. The zero-order valence-corrected chi connectivity index (χ0v) is 11.4. The molecule has 0 aliphatic heterocycles. The topological polar surface area (TPSA) is 18.5 Å². The Balaban J connectivity index is 3.83. The summed E-state index contributed by atoms with van der Waals surface area (Å²) < 4.78 is 11.5. The van der Waals surface area contributed by atoms with E-state index in [0.29, 0.717) is 0 Å². The Morgan fingerprint density at radius 1 is 0.750 bits per heavy atom. The molecule has 0 bridgehead atoms. The lowest BCUT2D eigenvalue weighted by molar-refractivity contribution is 0.00929. The molecule has 0 unspecified atom stereocenters. The fourth-order valence-electron chi connectivity index (χ4n) is 1.02. The molecule has 0 aromatic heterocycles. The summed E-state index contributed by atoms with van der Waals surface area (Å²) in [5.74, 6) is 0. The van der Waals surface area contributed by atoms with E-state index < -0.39 is 16.6 Å². The average Bonchev–Trinajstić information content (AvgIpc) is 1.49. The first-order chi connectivity index (χ1) is 5.10. The van der Waals surface area contributed by atoms with Gasteiger partial charge in [0, 0.05) is 0 Å². The molecule has 74 valence electrons. The van der Waals surface area contributed by atoms with E-state index in [0.717, 1.165) is 0 Å². The van der Waals surface area contributed by atoms with E-state index in [1.807, 2.05) is 6.92 Å². The molecule has 4 heteroatoms. The highest BCUT2D eigenvalue weighted by molar-refractivity contribution is 6.70. The second-order valence-corrected chi connectivity index (χ2v) is 13.9. The maximum Gasteiger partial charge on any atom is 0.187 e. The van der Waals surface area contributed by atoms with Gasteiger partial charge in [0.2, 0.25) is 0 Å². The fourth-order valence-corrected chi connectivity index (χ4v) is 3.20. The number of hydrogen-bond acceptors (Lipinski definition) is 2. The third-order valence-corrected chi connectivity index (χ3v) is 3.12. The van der Waals surface area contributed by atoms with Crippen LogP contribution < -0.4 is 0 Å². The second-order valence-electron chi connectivity index (χ2n) is 5.03. The van der Waals surface area contributed by atoms with Gasteiger partial charge in [-0.3, -0.25) is 0 Å². The second kappa shape index (κ2) is 4.04. The quantitative estimate of drug-likeness (QED) is 0.520. The van der Waals surface area contributed by atoms with Gasteiger partial charge < -0.3 is 8.85 Å². The molecule has 0 aliphatic carbocycles. The molecule has 12 heavy (non-hydrogen) atoms. The maximum absolute atomic E-state index is 5.77. The Morgan fingerprint density at radius 3 is 1.17 bits per heavy atom. The van der Waals surface area contributed by atoms with Crippen molar-refractivity contribution in [3.05, 3.63) is 0 Å². The highest BCUT2D eigenvalue weighted by Gasteiger charge is 2.23. The van der Waals surface area contributed by atoms with Crippen molar-refractivity contribution in [2.75, 3.05) is 0 Å². The summed E-state index contributed by atoms with van der Waals surface area (Å²) in [5.41, 5.74) is 0. The minimum Gasteiger partial charge on any atom is -0.394 e. The summed E-state index contributed by atoms with van der Waals surface area (Å²) in [6.45, 7) is 15.1. The Labute approximate surface area is 78.5 Å². The molecule has 0 radical (unpaired) electrons. The van der Waals surface area contributed by atoms with Crippen LogP contribution in [0.25, 0.3) is 0 Å². The van der Waals surface area contributed by atoms with Crippen LogP contribution in [-0.2, 0) is 8.85 Å². The van der Waals surface area contributed by atoms with E-state index in [4.69, 9.17) is 8.85 Å². The van der Waals surface area contributed by atoms with E-state index >= 15 is 0 Å². The van der Waals surface area contributed by atoms with Crippen LogP contribution in [0.4, 0.5) is 0 Å². The van der Waals surface area contributed by atoms with E-state index in [2.05, 4.69) is 39.3 Å². The summed E-state index contributed by atoms with van der Waals surface area (Å²) in [6, 6.07) is 0. The van der Waals surface area contributed by atoms with Gasteiger partial charge in [-0.05, 0) is 46.2 Å².